The molecule has 1 aliphatic rings. The van der Waals surface area contributed by atoms with Crippen LogP contribution in [0, 0.1) is 13.8 Å². The zero-order valence-electron chi connectivity index (χ0n) is 17.3. The van der Waals surface area contributed by atoms with E-state index in [1.165, 1.54) is 11.1 Å². The van der Waals surface area contributed by atoms with E-state index in [0.29, 0.717) is 24.5 Å². The Morgan fingerprint density at radius 3 is 2.27 bits per heavy atom. The smallest absolute Gasteiger partial charge is 0.227 e. The minimum absolute atomic E-state index is 0.146. The molecule has 0 unspecified atom stereocenters. The Balaban J connectivity index is 1.35. The molecule has 6 heteroatoms. The van der Waals surface area contributed by atoms with E-state index in [1.807, 2.05) is 41.3 Å². The molecule has 0 spiro atoms. The summed E-state index contributed by atoms with van der Waals surface area (Å²) in [7, 11) is 0. The first-order chi connectivity index (χ1) is 14.5. The van der Waals surface area contributed by atoms with Crippen LogP contribution in [-0.4, -0.2) is 47.2 Å². The number of hydrogen-bond acceptors (Lipinski definition) is 4. The van der Waals surface area contributed by atoms with Crippen LogP contribution in [0.3, 0.4) is 0 Å². The van der Waals surface area contributed by atoms with Gasteiger partial charge in [0.2, 0.25) is 5.91 Å². The molecule has 2 heterocycles. The molecule has 4 rings (SSSR count). The number of benzene rings is 2. The van der Waals surface area contributed by atoms with Crippen LogP contribution in [0.4, 0.5) is 5.82 Å². The van der Waals surface area contributed by atoms with Crippen molar-refractivity contribution in [2.24, 2.45) is 0 Å². The fraction of sp³-hybridized carbons (Fsp3) is 0.292. The third kappa shape index (κ3) is 4.62. The molecule has 0 saturated carbocycles. The van der Waals surface area contributed by atoms with Crippen LogP contribution in [0.15, 0.2) is 54.6 Å². The van der Waals surface area contributed by atoms with E-state index >= 15 is 0 Å². The molecule has 1 aliphatic heterocycles. The van der Waals surface area contributed by atoms with Crippen molar-refractivity contribution in [3.63, 3.8) is 0 Å². The summed E-state index contributed by atoms with van der Waals surface area (Å²) in [6.45, 7) is 7.09. The first-order valence-corrected chi connectivity index (χ1v) is 10.6. The summed E-state index contributed by atoms with van der Waals surface area (Å²) in [5.74, 6) is 1.00. The molecule has 0 N–H and O–H groups in total. The largest absolute Gasteiger partial charge is 0.352 e. The Labute approximate surface area is 182 Å². The molecule has 5 nitrogen and oxygen atoms in total. The first-order valence-electron chi connectivity index (χ1n) is 10.2. The molecular formula is C24H25ClN4O. The number of anilines is 1. The number of amides is 1. The molecule has 0 aliphatic carbocycles. The van der Waals surface area contributed by atoms with Crippen molar-refractivity contribution >= 4 is 23.3 Å². The van der Waals surface area contributed by atoms with Crippen molar-refractivity contribution in [3.05, 3.63) is 76.3 Å². The maximum atomic E-state index is 12.6. The van der Waals surface area contributed by atoms with E-state index in [2.05, 4.69) is 47.1 Å². The third-order valence-corrected chi connectivity index (χ3v) is 5.93. The van der Waals surface area contributed by atoms with Crippen LogP contribution in [0.1, 0.15) is 16.7 Å². The summed E-state index contributed by atoms with van der Waals surface area (Å²) in [5.41, 5.74) is 5.46. The highest BCUT2D eigenvalue weighted by molar-refractivity contribution is 6.30. The second-order valence-electron chi connectivity index (χ2n) is 7.75. The number of hydrogen-bond donors (Lipinski definition) is 0. The topological polar surface area (TPSA) is 49.3 Å². The number of carbonyl (C=O) groups excluding carboxylic acids is 1. The number of carbonyl (C=O) groups is 1. The lowest BCUT2D eigenvalue weighted by molar-refractivity contribution is -0.130. The summed E-state index contributed by atoms with van der Waals surface area (Å²) in [5, 5.41) is 9.55. The predicted octanol–water partition coefficient (Wildman–Crippen LogP) is 4.31. The van der Waals surface area contributed by atoms with Gasteiger partial charge in [0.15, 0.2) is 5.82 Å². The molecule has 1 aromatic heterocycles. The van der Waals surface area contributed by atoms with Crippen molar-refractivity contribution in [1.82, 2.24) is 15.1 Å². The van der Waals surface area contributed by atoms with Crippen molar-refractivity contribution in [2.75, 3.05) is 31.1 Å². The van der Waals surface area contributed by atoms with Crippen LogP contribution >= 0.6 is 11.6 Å². The fourth-order valence-corrected chi connectivity index (χ4v) is 3.75. The van der Waals surface area contributed by atoms with Gasteiger partial charge in [-0.2, -0.15) is 0 Å². The van der Waals surface area contributed by atoms with Crippen molar-refractivity contribution in [2.45, 2.75) is 20.3 Å². The van der Waals surface area contributed by atoms with Crippen molar-refractivity contribution < 1.29 is 4.79 Å². The lowest BCUT2D eigenvalue weighted by Gasteiger charge is -2.35. The summed E-state index contributed by atoms with van der Waals surface area (Å²) in [6.07, 6.45) is 0.404. The van der Waals surface area contributed by atoms with E-state index in [9.17, 15) is 4.79 Å². The Morgan fingerprint density at radius 2 is 1.63 bits per heavy atom. The van der Waals surface area contributed by atoms with Gasteiger partial charge in [0.1, 0.15) is 0 Å². The lowest BCUT2D eigenvalue weighted by Crippen LogP contribution is -2.49. The third-order valence-electron chi connectivity index (χ3n) is 5.68. The Morgan fingerprint density at radius 1 is 0.900 bits per heavy atom. The zero-order valence-corrected chi connectivity index (χ0v) is 18.1. The molecule has 1 saturated heterocycles. The van der Waals surface area contributed by atoms with Gasteiger partial charge in [-0.15, -0.1) is 10.2 Å². The minimum atomic E-state index is 0.146. The molecule has 0 radical (unpaired) electrons. The summed E-state index contributed by atoms with van der Waals surface area (Å²) >= 11 is 5.92. The zero-order chi connectivity index (χ0) is 21.1. The Hall–Kier alpha value is -2.92. The Bertz CT molecular complexity index is 1030. The van der Waals surface area contributed by atoms with Gasteiger partial charge in [-0.05, 0) is 60.9 Å². The molecule has 30 heavy (non-hydrogen) atoms. The second kappa shape index (κ2) is 8.84. The van der Waals surface area contributed by atoms with E-state index in [4.69, 9.17) is 11.6 Å². The lowest BCUT2D eigenvalue weighted by atomic mass is 10.0. The maximum Gasteiger partial charge on any atom is 0.227 e. The number of aromatic nitrogens is 2. The van der Waals surface area contributed by atoms with Gasteiger partial charge < -0.3 is 9.80 Å². The first kappa shape index (κ1) is 20.4. The normalized spacial score (nSPS) is 14.1. The van der Waals surface area contributed by atoms with Gasteiger partial charge >= 0.3 is 0 Å². The SMILES string of the molecule is Cc1ccc(-c2ccc(N3CCN(C(=O)Cc4ccc(Cl)cc4)CC3)nn2)cc1C. The van der Waals surface area contributed by atoms with Crippen LogP contribution in [0.5, 0.6) is 0 Å². The van der Waals surface area contributed by atoms with Gasteiger partial charge in [-0.1, -0.05) is 35.9 Å². The number of halogens is 1. The van der Waals surface area contributed by atoms with Crippen LogP contribution in [0.2, 0.25) is 5.02 Å². The maximum absolute atomic E-state index is 12.6. The van der Waals surface area contributed by atoms with E-state index in [0.717, 1.165) is 35.7 Å². The second-order valence-corrected chi connectivity index (χ2v) is 8.18. The minimum Gasteiger partial charge on any atom is -0.352 e. The van der Waals surface area contributed by atoms with Gasteiger partial charge in [-0.25, -0.2) is 0 Å². The molecule has 1 fully saturated rings. The number of aryl methyl sites for hydroxylation is 2. The molecule has 154 valence electrons. The van der Waals surface area contributed by atoms with E-state index < -0.39 is 0 Å². The van der Waals surface area contributed by atoms with Gasteiger partial charge in [-0.3, -0.25) is 4.79 Å². The van der Waals surface area contributed by atoms with E-state index in [1.54, 1.807) is 0 Å². The van der Waals surface area contributed by atoms with Crippen LogP contribution in [0.25, 0.3) is 11.3 Å². The van der Waals surface area contributed by atoms with Gasteiger partial charge in [0.25, 0.3) is 0 Å². The molecule has 2 aromatic carbocycles. The standard InChI is InChI=1S/C24H25ClN4O/c1-17-3-6-20(15-18(17)2)22-9-10-23(27-26-22)28-11-13-29(14-12-28)24(30)16-19-4-7-21(25)8-5-19/h3-10,15H,11-14,16H2,1-2H3. The molecule has 1 amide bonds. The average molecular weight is 421 g/mol. The quantitative estimate of drug-likeness (QED) is 0.631. The summed E-state index contributed by atoms with van der Waals surface area (Å²) in [6, 6.07) is 17.8. The molecular weight excluding hydrogens is 396 g/mol. The number of rotatable bonds is 4. The molecule has 3 aromatic rings. The van der Waals surface area contributed by atoms with Crippen LogP contribution in [-0.2, 0) is 11.2 Å². The summed E-state index contributed by atoms with van der Waals surface area (Å²) in [4.78, 5) is 16.7. The van der Waals surface area contributed by atoms with Crippen LogP contribution < -0.4 is 4.90 Å². The summed E-state index contributed by atoms with van der Waals surface area (Å²) < 4.78 is 0. The Kier molecular flexibility index (Phi) is 6.00. The predicted molar refractivity (Wildman–Crippen MR) is 121 cm³/mol. The molecule has 0 atom stereocenters. The van der Waals surface area contributed by atoms with Gasteiger partial charge in [0, 0.05) is 36.8 Å². The van der Waals surface area contributed by atoms with Crippen molar-refractivity contribution in [3.8, 4) is 11.3 Å². The van der Waals surface area contributed by atoms with Gasteiger partial charge in [0.05, 0.1) is 12.1 Å². The highest BCUT2D eigenvalue weighted by Gasteiger charge is 2.22. The molecule has 0 bridgehead atoms. The number of nitrogens with zero attached hydrogens (tertiary/aromatic N) is 4. The average Bonchev–Trinajstić information content (AvgIpc) is 2.77. The monoisotopic (exact) mass is 420 g/mol. The highest BCUT2D eigenvalue weighted by Crippen LogP contribution is 2.22. The fourth-order valence-electron chi connectivity index (χ4n) is 3.62. The van der Waals surface area contributed by atoms with Crippen molar-refractivity contribution in [1.29, 1.82) is 0 Å². The highest BCUT2D eigenvalue weighted by atomic mass is 35.5. The van der Waals surface area contributed by atoms with E-state index in [-0.39, 0.29) is 5.91 Å². The number of piperazine rings is 1.